The van der Waals surface area contributed by atoms with Gasteiger partial charge in [-0.1, -0.05) is 43.5 Å². The van der Waals surface area contributed by atoms with E-state index in [1.165, 1.54) is 24.8 Å². The Balaban J connectivity index is 1.35. The summed E-state index contributed by atoms with van der Waals surface area (Å²) < 4.78 is 7.61. The van der Waals surface area contributed by atoms with Gasteiger partial charge in [-0.05, 0) is 66.4 Å². The number of nitrogens with one attached hydrogen (secondary N) is 1. The van der Waals surface area contributed by atoms with Crippen molar-refractivity contribution in [2.45, 2.75) is 64.6 Å². The molecular formula is C31H39N7O2. The van der Waals surface area contributed by atoms with Crippen LogP contribution in [0.4, 0.5) is 0 Å². The molecule has 1 saturated carbocycles. The number of H-pyrrole nitrogens is 1. The second-order valence-corrected chi connectivity index (χ2v) is 11.4. The average molecular weight is 542 g/mol. The average Bonchev–Trinajstić information content (AvgIpc) is 3.45. The Morgan fingerprint density at radius 3 is 2.58 bits per heavy atom. The van der Waals surface area contributed by atoms with Crippen LogP contribution in [0.1, 0.15) is 72.3 Å². The zero-order valence-corrected chi connectivity index (χ0v) is 23.8. The molecule has 1 N–H and O–H groups in total. The molecule has 9 nitrogen and oxygen atoms in total. The maximum atomic E-state index is 13.7. The minimum absolute atomic E-state index is 0.0721. The number of nitrogens with zero attached hydrogens (tertiary/aromatic N) is 6. The maximum Gasteiger partial charge on any atom is 0.253 e. The van der Waals surface area contributed by atoms with Crippen molar-refractivity contribution in [2.24, 2.45) is 0 Å². The van der Waals surface area contributed by atoms with E-state index in [4.69, 9.17) is 4.74 Å². The molecule has 1 unspecified atom stereocenters. The van der Waals surface area contributed by atoms with Gasteiger partial charge in [-0.15, -0.1) is 5.10 Å². The highest BCUT2D eigenvalue weighted by Gasteiger charge is 2.34. The minimum atomic E-state index is -0.320. The number of ether oxygens (including phenoxy) is 1. The molecule has 1 atom stereocenters. The molecule has 2 aliphatic rings. The molecular weight excluding hydrogens is 502 g/mol. The van der Waals surface area contributed by atoms with E-state index in [0.29, 0.717) is 5.56 Å². The summed E-state index contributed by atoms with van der Waals surface area (Å²) in [6, 6.07) is 14.5. The van der Waals surface area contributed by atoms with Gasteiger partial charge < -0.3 is 9.72 Å². The lowest BCUT2D eigenvalue weighted by molar-refractivity contribution is 0.0977. The molecule has 1 aliphatic carbocycles. The first-order valence-corrected chi connectivity index (χ1v) is 14.5. The van der Waals surface area contributed by atoms with Crippen LogP contribution in [-0.4, -0.2) is 68.3 Å². The van der Waals surface area contributed by atoms with Gasteiger partial charge in [0.1, 0.15) is 11.8 Å². The van der Waals surface area contributed by atoms with Gasteiger partial charge in [0.2, 0.25) is 0 Å². The number of piperazine rings is 1. The molecule has 0 bridgehead atoms. The van der Waals surface area contributed by atoms with E-state index in [2.05, 4.69) is 68.4 Å². The van der Waals surface area contributed by atoms with Crippen LogP contribution < -0.4 is 10.3 Å². The van der Waals surface area contributed by atoms with Crippen LogP contribution in [-0.2, 0) is 6.54 Å². The first-order chi connectivity index (χ1) is 19.5. The zero-order valence-electron chi connectivity index (χ0n) is 23.8. The number of aromatic amines is 1. The standard InChI is InChI=1S/C31H39N7O2/c1-21-17-22(2)25-19-26(31(39)32-27(25)18-21)29(30-33-34-35-38(30)24-10-5-4-6-11-24)37-15-13-36(14-16-37)20-23-9-7-8-12-28(23)40-3/h7-9,12,17-19,24,29H,4-6,10-11,13-16,20H2,1-3H3,(H,32,39). The van der Waals surface area contributed by atoms with Gasteiger partial charge in [0, 0.05) is 54.8 Å². The summed E-state index contributed by atoms with van der Waals surface area (Å²) in [7, 11) is 1.72. The summed E-state index contributed by atoms with van der Waals surface area (Å²) in [4.78, 5) is 21.7. The van der Waals surface area contributed by atoms with E-state index < -0.39 is 0 Å². The lowest BCUT2D eigenvalue weighted by atomic mass is 9.94. The number of methoxy groups -OCH3 is 1. The van der Waals surface area contributed by atoms with Gasteiger partial charge in [-0.2, -0.15) is 0 Å². The fourth-order valence-electron chi connectivity index (χ4n) is 6.61. The molecule has 210 valence electrons. The number of tetrazole rings is 1. The van der Waals surface area contributed by atoms with E-state index in [1.807, 2.05) is 22.9 Å². The van der Waals surface area contributed by atoms with Crippen molar-refractivity contribution in [1.29, 1.82) is 0 Å². The normalized spacial score (nSPS) is 18.3. The number of aryl methyl sites for hydroxylation is 2. The quantitative estimate of drug-likeness (QED) is 0.367. The first kappa shape index (κ1) is 26.7. The van der Waals surface area contributed by atoms with Gasteiger partial charge in [0.05, 0.1) is 13.2 Å². The lowest BCUT2D eigenvalue weighted by Crippen LogP contribution is -2.48. The topological polar surface area (TPSA) is 92.2 Å². The Morgan fingerprint density at radius 2 is 1.80 bits per heavy atom. The minimum Gasteiger partial charge on any atom is -0.496 e. The Bertz CT molecular complexity index is 1530. The first-order valence-electron chi connectivity index (χ1n) is 14.5. The van der Waals surface area contributed by atoms with Crippen LogP contribution in [0.15, 0.2) is 47.3 Å². The van der Waals surface area contributed by atoms with Crippen molar-refractivity contribution in [1.82, 2.24) is 35.0 Å². The van der Waals surface area contributed by atoms with Crippen molar-refractivity contribution < 1.29 is 4.74 Å². The third-order valence-electron chi connectivity index (χ3n) is 8.68. The Kier molecular flexibility index (Phi) is 7.67. The molecule has 2 aromatic carbocycles. The van der Waals surface area contributed by atoms with E-state index >= 15 is 0 Å². The molecule has 0 amide bonds. The van der Waals surface area contributed by atoms with Crippen LogP contribution in [0.5, 0.6) is 5.75 Å². The van der Waals surface area contributed by atoms with Crippen LogP contribution in [0.25, 0.3) is 10.9 Å². The van der Waals surface area contributed by atoms with Crippen molar-refractivity contribution in [3.05, 3.63) is 80.9 Å². The monoisotopic (exact) mass is 541 g/mol. The van der Waals surface area contributed by atoms with Crippen molar-refractivity contribution in [3.8, 4) is 5.75 Å². The number of para-hydroxylation sites is 1. The smallest absolute Gasteiger partial charge is 0.253 e. The van der Waals surface area contributed by atoms with Gasteiger partial charge in [-0.3, -0.25) is 14.6 Å². The maximum absolute atomic E-state index is 13.7. The second-order valence-electron chi connectivity index (χ2n) is 11.4. The van der Waals surface area contributed by atoms with Crippen molar-refractivity contribution in [3.63, 3.8) is 0 Å². The van der Waals surface area contributed by atoms with E-state index in [-0.39, 0.29) is 17.6 Å². The van der Waals surface area contributed by atoms with Gasteiger partial charge >= 0.3 is 0 Å². The van der Waals surface area contributed by atoms with Gasteiger partial charge in [-0.25, -0.2) is 4.68 Å². The molecule has 6 rings (SSSR count). The van der Waals surface area contributed by atoms with E-state index in [0.717, 1.165) is 79.2 Å². The summed E-state index contributed by atoms with van der Waals surface area (Å²) in [6.07, 6.45) is 5.78. The Labute approximate surface area is 235 Å². The molecule has 1 aliphatic heterocycles. The predicted octanol–water partition coefficient (Wildman–Crippen LogP) is 4.55. The number of fused-ring (bicyclic) bond motifs is 1. The third-order valence-corrected chi connectivity index (χ3v) is 8.68. The molecule has 9 heteroatoms. The largest absolute Gasteiger partial charge is 0.496 e. The van der Waals surface area contributed by atoms with Gasteiger partial charge in [0.25, 0.3) is 5.56 Å². The number of aromatic nitrogens is 5. The third kappa shape index (κ3) is 5.28. The Hall–Kier alpha value is -3.56. The highest BCUT2D eigenvalue weighted by atomic mass is 16.5. The van der Waals surface area contributed by atoms with Crippen molar-refractivity contribution in [2.75, 3.05) is 33.3 Å². The molecule has 0 radical (unpaired) electrons. The molecule has 40 heavy (non-hydrogen) atoms. The number of hydrogen-bond donors (Lipinski definition) is 1. The number of rotatable bonds is 7. The summed E-state index contributed by atoms with van der Waals surface area (Å²) in [6.45, 7) is 8.37. The summed E-state index contributed by atoms with van der Waals surface area (Å²) in [5, 5.41) is 14.3. The van der Waals surface area contributed by atoms with E-state index in [1.54, 1.807) is 7.11 Å². The fraction of sp³-hybridized carbons (Fsp3) is 0.484. The summed E-state index contributed by atoms with van der Waals surface area (Å²) >= 11 is 0. The fourth-order valence-corrected chi connectivity index (χ4v) is 6.61. The molecule has 2 fully saturated rings. The molecule has 3 heterocycles. The van der Waals surface area contributed by atoms with Crippen LogP contribution >= 0.6 is 0 Å². The summed E-state index contributed by atoms with van der Waals surface area (Å²) in [5.41, 5.74) is 4.99. The predicted molar refractivity (Wildman–Crippen MR) is 156 cm³/mol. The summed E-state index contributed by atoms with van der Waals surface area (Å²) in [5.74, 6) is 1.70. The molecule has 0 spiro atoms. The zero-order chi connectivity index (χ0) is 27.6. The number of hydrogen-bond acceptors (Lipinski definition) is 7. The number of benzene rings is 2. The van der Waals surface area contributed by atoms with Crippen LogP contribution in [0, 0.1) is 13.8 Å². The van der Waals surface area contributed by atoms with Gasteiger partial charge in [0.15, 0.2) is 5.82 Å². The van der Waals surface area contributed by atoms with Crippen molar-refractivity contribution >= 4 is 10.9 Å². The molecule has 1 saturated heterocycles. The highest BCUT2D eigenvalue weighted by molar-refractivity contribution is 5.83. The highest BCUT2D eigenvalue weighted by Crippen LogP contribution is 2.34. The lowest BCUT2D eigenvalue weighted by Gasteiger charge is -2.39. The van der Waals surface area contributed by atoms with Crippen LogP contribution in [0.3, 0.4) is 0 Å². The number of pyridine rings is 1. The Morgan fingerprint density at radius 1 is 1.02 bits per heavy atom. The van der Waals surface area contributed by atoms with E-state index in [9.17, 15) is 4.79 Å². The second kappa shape index (κ2) is 11.5. The SMILES string of the molecule is COc1ccccc1CN1CCN(C(c2cc3c(C)cc(C)cc3[nH]c2=O)c2nnnn2C2CCCCC2)CC1. The molecule has 4 aromatic rings. The molecule has 2 aromatic heterocycles. The van der Waals surface area contributed by atoms with Crippen LogP contribution in [0.2, 0.25) is 0 Å².